The molecular weight excluding hydrogens is 234 g/mol. The third kappa shape index (κ3) is 4.31. The van der Waals surface area contributed by atoms with Crippen molar-refractivity contribution in [1.29, 1.82) is 0 Å². The summed E-state index contributed by atoms with van der Waals surface area (Å²) < 4.78 is 2.24. The van der Waals surface area contributed by atoms with Gasteiger partial charge in [-0.1, -0.05) is 32.9 Å². The number of hydrogen-bond acceptors (Lipinski definition) is 1. The smallest absolute Gasteiger partial charge is 0.161 e. The molecule has 0 saturated heterocycles. The second-order valence-corrected chi connectivity index (χ2v) is 6.42. The topological polar surface area (TPSA) is 23.2 Å². The fourth-order valence-electron chi connectivity index (χ4n) is 3.41. The first-order chi connectivity index (χ1) is 8.86. The fraction of sp³-hybridized carbons (Fsp3) is 0.706. The Morgan fingerprint density at radius 1 is 1.53 bits per heavy atom. The van der Waals surface area contributed by atoms with Crippen LogP contribution in [0.1, 0.15) is 40.5 Å². The van der Waals surface area contributed by atoms with Gasteiger partial charge in [-0.05, 0) is 37.3 Å². The summed E-state index contributed by atoms with van der Waals surface area (Å²) in [6, 6.07) is 0.502. The molecule has 0 aromatic carbocycles. The van der Waals surface area contributed by atoms with E-state index in [-0.39, 0.29) is 6.61 Å². The van der Waals surface area contributed by atoms with Gasteiger partial charge in [0.05, 0.1) is 6.61 Å². The van der Waals surface area contributed by atoms with Crippen LogP contribution in [0, 0.1) is 17.8 Å². The van der Waals surface area contributed by atoms with Crippen LogP contribution in [0.4, 0.5) is 0 Å². The number of aliphatic hydroxyl groups is 1. The van der Waals surface area contributed by atoms with E-state index in [4.69, 9.17) is 0 Å². The van der Waals surface area contributed by atoms with Crippen LogP contribution in [0.15, 0.2) is 23.8 Å². The molecule has 1 aliphatic rings. The maximum absolute atomic E-state index is 9.18. The molecule has 0 saturated carbocycles. The van der Waals surface area contributed by atoms with Crippen LogP contribution in [-0.2, 0) is 0 Å². The van der Waals surface area contributed by atoms with Gasteiger partial charge in [-0.2, -0.15) is 0 Å². The summed E-state index contributed by atoms with van der Waals surface area (Å²) in [7, 11) is 0. The van der Waals surface area contributed by atoms with Crippen molar-refractivity contribution in [3.63, 3.8) is 0 Å². The summed E-state index contributed by atoms with van der Waals surface area (Å²) in [4.78, 5) is 0. The van der Waals surface area contributed by atoms with Gasteiger partial charge >= 0.3 is 0 Å². The Bertz CT molecular complexity index is 369. The summed E-state index contributed by atoms with van der Waals surface area (Å²) in [5, 5.41) is 9.18. The molecule has 0 radical (unpaired) electrons. The van der Waals surface area contributed by atoms with E-state index in [1.165, 1.54) is 5.57 Å². The summed E-state index contributed by atoms with van der Waals surface area (Å²) in [5.74, 6) is 1.56. The van der Waals surface area contributed by atoms with Gasteiger partial charge in [0.15, 0.2) is 12.6 Å². The van der Waals surface area contributed by atoms with Gasteiger partial charge in [0, 0.05) is 11.8 Å². The highest BCUT2D eigenvalue weighted by molar-refractivity contribution is 5.17. The molecule has 1 rings (SSSR count). The van der Waals surface area contributed by atoms with Gasteiger partial charge in [0.1, 0.15) is 6.72 Å². The van der Waals surface area contributed by atoms with E-state index < -0.39 is 0 Å². The number of hydrogen-bond donors (Lipinski definition) is 1. The largest absolute Gasteiger partial charge is 0.392 e. The minimum atomic E-state index is 0.100. The van der Waals surface area contributed by atoms with E-state index in [0.29, 0.717) is 23.8 Å². The number of aliphatic hydroxyl groups excluding tert-OH is 1. The van der Waals surface area contributed by atoms with E-state index in [9.17, 15) is 5.11 Å². The lowest BCUT2D eigenvalue weighted by molar-refractivity contribution is -0.565. The fourth-order valence-corrected chi connectivity index (χ4v) is 3.41. The highest BCUT2D eigenvalue weighted by Crippen LogP contribution is 2.30. The summed E-state index contributed by atoms with van der Waals surface area (Å²) >= 11 is 0. The van der Waals surface area contributed by atoms with Gasteiger partial charge < -0.3 is 5.11 Å². The number of allylic oxidation sites excluding steroid dienone is 1. The van der Waals surface area contributed by atoms with Gasteiger partial charge in [-0.3, -0.25) is 0 Å². The van der Waals surface area contributed by atoms with Gasteiger partial charge in [-0.25, -0.2) is 4.58 Å². The minimum Gasteiger partial charge on any atom is -0.392 e. The Labute approximate surface area is 118 Å². The molecule has 0 aliphatic carbocycles. The third-order valence-corrected chi connectivity index (χ3v) is 4.53. The van der Waals surface area contributed by atoms with Crippen molar-refractivity contribution in [1.82, 2.24) is 0 Å². The molecular formula is C17H30NO+. The third-order valence-electron chi connectivity index (χ3n) is 4.53. The molecule has 4 atom stereocenters. The zero-order chi connectivity index (χ0) is 14.6. The quantitative estimate of drug-likeness (QED) is 0.598. The molecule has 2 heteroatoms. The molecule has 1 N–H and O–H groups in total. The Morgan fingerprint density at radius 2 is 2.16 bits per heavy atom. The van der Waals surface area contributed by atoms with Crippen LogP contribution in [0.3, 0.4) is 0 Å². The van der Waals surface area contributed by atoms with E-state index in [2.05, 4.69) is 51.6 Å². The Morgan fingerprint density at radius 3 is 2.74 bits per heavy atom. The standard InChI is InChI=1S/C17H30NO/c1-12-7-8-18(6)17(14(3)9-12)15(4)10-13(2)16(5)11-19/h7,13-15,17,19H,5-6,8-11H2,1-4H3/q+1. The molecule has 2 nitrogen and oxygen atoms in total. The van der Waals surface area contributed by atoms with Crippen molar-refractivity contribution in [2.24, 2.45) is 17.8 Å². The average molecular weight is 264 g/mol. The number of rotatable bonds is 5. The highest BCUT2D eigenvalue weighted by Gasteiger charge is 2.34. The Hall–Kier alpha value is -0.890. The SMILES string of the molecule is C=C(CO)C(C)CC(C)C1C(C)CC(C)=CC[N+]1=C. The monoisotopic (exact) mass is 264 g/mol. The second-order valence-electron chi connectivity index (χ2n) is 6.42. The van der Waals surface area contributed by atoms with Crippen LogP contribution in [-0.4, -0.2) is 35.6 Å². The lowest BCUT2D eigenvalue weighted by atomic mass is 9.81. The molecule has 0 amide bonds. The maximum atomic E-state index is 9.18. The zero-order valence-corrected chi connectivity index (χ0v) is 13.0. The van der Waals surface area contributed by atoms with Crippen molar-refractivity contribution < 1.29 is 9.68 Å². The number of nitrogens with zero attached hydrogens (tertiary/aromatic N) is 1. The summed E-state index contributed by atoms with van der Waals surface area (Å²) in [6.45, 7) is 18.2. The molecule has 0 spiro atoms. The first-order valence-corrected chi connectivity index (χ1v) is 7.38. The highest BCUT2D eigenvalue weighted by atomic mass is 16.3. The predicted octanol–water partition coefficient (Wildman–Crippen LogP) is 3.27. The van der Waals surface area contributed by atoms with Gasteiger partial charge in [0.25, 0.3) is 0 Å². The van der Waals surface area contributed by atoms with Crippen molar-refractivity contribution in [2.75, 3.05) is 13.2 Å². The van der Waals surface area contributed by atoms with E-state index in [1.807, 2.05) is 0 Å². The van der Waals surface area contributed by atoms with Crippen LogP contribution < -0.4 is 0 Å². The molecule has 1 heterocycles. The van der Waals surface area contributed by atoms with E-state index >= 15 is 0 Å². The lowest BCUT2D eigenvalue weighted by Crippen LogP contribution is -2.37. The predicted molar refractivity (Wildman–Crippen MR) is 82.7 cm³/mol. The first kappa shape index (κ1) is 16.2. The Balaban J connectivity index is 2.72. The molecule has 0 aromatic rings. The molecule has 0 fully saturated rings. The van der Waals surface area contributed by atoms with E-state index in [1.54, 1.807) is 0 Å². The van der Waals surface area contributed by atoms with Crippen molar-refractivity contribution in [3.8, 4) is 0 Å². The molecule has 4 unspecified atom stereocenters. The normalized spacial score (nSPS) is 27.4. The first-order valence-electron chi connectivity index (χ1n) is 7.38. The van der Waals surface area contributed by atoms with Crippen LogP contribution in [0.25, 0.3) is 0 Å². The maximum Gasteiger partial charge on any atom is 0.161 e. The van der Waals surface area contributed by atoms with Gasteiger partial charge in [-0.15, -0.1) is 0 Å². The second kappa shape index (κ2) is 7.04. The van der Waals surface area contributed by atoms with Gasteiger partial charge in [0.2, 0.25) is 0 Å². The lowest BCUT2D eigenvalue weighted by Gasteiger charge is -2.27. The van der Waals surface area contributed by atoms with Crippen molar-refractivity contribution in [3.05, 3.63) is 23.8 Å². The molecule has 108 valence electrons. The van der Waals surface area contributed by atoms with Crippen molar-refractivity contribution in [2.45, 2.75) is 46.6 Å². The van der Waals surface area contributed by atoms with Crippen LogP contribution >= 0.6 is 0 Å². The zero-order valence-electron chi connectivity index (χ0n) is 13.0. The summed E-state index contributed by atoms with van der Waals surface area (Å²) in [6.07, 6.45) is 4.53. The molecule has 0 bridgehead atoms. The van der Waals surface area contributed by atoms with E-state index in [0.717, 1.165) is 25.0 Å². The van der Waals surface area contributed by atoms with Crippen LogP contribution in [0.2, 0.25) is 0 Å². The average Bonchev–Trinajstić information content (AvgIpc) is 2.46. The Kier molecular flexibility index (Phi) is 5.99. The molecule has 19 heavy (non-hydrogen) atoms. The molecule has 0 aromatic heterocycles. The van der Waals surface area contributed by atoms with Crippen molar-refractivity contribution >= 4 is 6.72 Å². The van der Waals surface area contributed by atoms with Crippen LogP contribution in [0.5, 0.6) is 0 Å². The summed E-state index contributed by atoms with van der Waals surface area (Å²) in [5.41, 5.74) is 2.42. The minimum absolute atomic E-state index is 0.100. The molecule has 1 aliphatic heterocycles.